The first-order chi connectivity index (χ1) is 12.1. The van der Waals surface area contributed by atoms with E-state index < -0.39 is 0 Å². The summed E-state index contributed by atoms with van der Waals surface area (Å²) in [5.41, 5.74) is 1.41. The number of carbonyl (C=O) groups excluding carboxylic acids is 1. The lowest BCUT2D eigenvalue weighted by Gasteiger charge is -2.32. The number of piperazine rings is 1. The Labute approximate surface area is 152 Å². The molecule has 132 valence electrons. The van der Waals surface area contributed by atoms with Crippen molar-refractivity contribution < 1.29 is 9.53 Å². The fraction of sp³-hybridized carbons (Fsp3) is 0.333. The summed E-state index contributed by atoms with van der Waals surface area (Å²) in [5.74, 6) is 1.24. The van der Waals surface area contributed by atoms with Crippen LogP contribution >= 0.6 is 11.6 Å². The maximum absolute atomic E-state index is 12.7. The largest absolute Gasteiger partial charge is 0.495 e. The van der Waals surface area contributed by atoms with Crippen LogP contribution in [0.25, 0.3) is 0 Å². The van der Waals surface area contributed by atoms with E-state index in [9.17, 15) is 4.79 Å². The first-order valence-corrected chi connectivity index (χ1v) is 8.49. The quantitative estimate of drug-likeness (QED) is 0.908. The SMILES string of the molecule is COc1ccc(Nc2cc(C(=O)N3CCN(C)CC3)ccn2)cc1Cl. The van der Waals surface area contributed by atoms with Gasteiger partial charge in [-0.1, -0.05) is 11.6 Å². The maximum Gasteiger partial charge on any atom is 0.254 e. The summed E-state index contributed by atoms with van der Waals surface area (Å²) in [6.45, 7) is 3.28. The zero-order valence-corrected chi connectivity index (χ0v) is 15.1. The van der Waals surface area contributed by atoms with Crippen LogP contribution in [0.5, 0.6) is 5.75 Å². The molecule has 0 atom stereocenters. The van der Waals surface area contributed by atoms with E-state index in [1.165, 1.54) is 0 Å². The number of benzene rings is 1. The molecule has 1 fully saturated rings. The third-order valence-corrected chi connectivity index (χ3v) is 4.52. The summed E-state index contributed by atoms with van der Waals surface area (Å²) in [5, 5.41) is 3.68. The minimum absolute atomic E-state index is 0.0336. The number of carbonyl (C=O) groups is 1. The van der Waals surface area contributed by atoms with Crippen molar-refractivity contribution in [3.8, 4) is 5.75 Å². The first-order valence-electron chi connectivity index (χ1n) is 8.11. The van der Waals surface area contributed by atoms with Crippen molar-refractivity contribution >= 4 is 29.0 Å². The number of methoxy groups -OCH3 is 1. The number of aromatic nitrogens is 1. The van der Waals surface area contributed by atoms with Crippen molar-refractivity contribution in [1.29, 1.82) is 0 Å². The average molecular weight is 361 g/mol. The predicted molar refractivity (Wildman–Crippen MR) is 98.9 cm³/mol. The highest BCUT2D eigenvalue weighted by Crippen LogP contribution is 2.28. The first kappa shape index (κ1) is 17.5. The average Bonchev–Trinajstić information content (AvgIpc) is 2.62. The van der Waals surface area contributed by atoms with E-state index in [1.54, 1.807) is 37.6 Å². The van der Waals surface area contributed by atoms with Gasteiger partial charge in [-0.2, -0.15) is 0 Å². The second-order valence-corrected chi connectivity index (χ2v) is 6.41. The molecule has 1 N–H and O–H groups in total. The zero-order valence-electron chi connectivity index (χ0n) is 14.3. The monoisotopic (exact) mass is 360 g/mol. The van der Waals surface area contributed by atoms with Gasteiger partial charge in [0.15, 0.2) is 0 Å². The third kappa shape index (κ3) is 4.21. The highest BCUT2D eigenvalue weighted by Gasteiger charge is 2.20. The van der Waals surface area contributed by atoms with Gasteiger partial charge in [-0.05, 0) is 37.4 Å². The van der Waals surface area contributed by atoms with Crippen LogP contribution in [0.15, 0.2) is 36.5 Å². The van der Waals surface area contributed by atoms with Crippen molar-refractivity contribution in [3.05, 3.63) is 47.1 Å². The second-order valence-electron chi connectivity index (χ2n) is 6.00. The number of halogens is 1. The molecular formula is C18H21ClN4O2. The van der Waals surface area contributed by atoms with Crippen LogP contribution in [0.3, 0.4) is 0 Å². The van der Waals surface area contributed by atoms with Gasteiger partial charge in [-0.15, -0.1) is 0 Å². The summed E-state index contributed by atoms with van der Waals surface area (Å²) in [7, 11) is 3.64. The van der Waals surface area contributed by atoms with Crippen LogP contribution in [0.2, 0.25) is 5.02 Å². The molecule has 0 bridgehead atoms. The molecule has 1 amide bonds. The molecular weight excluding hydrogens is 340 g/mol. The van der Waals surface area contributed by atoms with Gasteiger partial charge in [0.1, 0.15) is 11.6 Å². The molecule has 1 saturated heterocycles. The number of ether oxygens (including phenoxy) is 1. The lowest BCUT2D eigenvalue weighted by molar-refractivity contribution is 0.0664. The highest BCUT2D eigenvalue weighted by atomic mass is 35.5. The van der Waals surface area contributed by atoms with E-state index in [4.69, 9.17) is 16.3 Å². The van der Waals surface area contributed by atoms with Crippen molar-refractivity contribution in [2.75, 3.05) is 45.7 Å². The highest BCUT2D eigenvalue weighted by molar-refractivity contribution is 6.32. The fourth-order valence-electron chi connectivity index (χ4n) is 2.72. The van der Waals surface area contributed by atoms with Crippen molar-refractivity contribution in [1.82, 2.24) is 14.8 Å². The molecule has 1 aromatic carbocycles. The zero-order chi connectivity index (χ0) is 17.8. The smallest absolute Gasteiger partial charge is 0.254 e. The molecule has 1 aliphatic rings. The van der Waals surface area contributed by atoms with Gasteiger partial charge in [-0.3, -0.25) is 4.79 Å². The molecule has 0 radical (unpaired) electrons. The number of amides is 1. The molecule has 6 nitrogen and oxygen atoms in total. The number of nitrogens with one attached hydrogen (secondary N) is 1. The minimum Gasteiger partial charge on any atom is -0.495 e. The molecule has 7 heteroatoms. The number of pyridine rings is 1. The van der Waals surface area contributed by atoms with Gasteiger partial charge in [0.25, 0.3) is 5.91 Å². The van der Waals surface area contributed by atoms with E-state index >= 15 is 0 Å². The molecule has 0 unspecified atom stereocenters. The lowest BCUT2D eigenvalue weighted by atomic mass is 10.2. The Morgan fingerprint density at radius 1 is 1.20 bits per heavy atom. The van der Waals surface area contributed by atoms with Gasteiger partial charge in [0, 0.05) is 43.6 Å². The molecule has 0 saturated carbocycles. The third-order valence-electron chi connectivity index (χ3n) is 4.22. The molecule has 1 aliphatic heterocycles. The second kappa shape index (κ2) is 7.72. The number of anilines is 2. The summed E-state index contributed by atoms with van der Waals surface area (Å²) in [6, 6.07) is 8.90. The summed E-state index contributed by atoms with van der Waals surface area (Å²) >= 11 is 6.14. The van der Waals surface area contributed by atoms with E-state index in [1.807, 2.05) is 11.0 Å². The molecule has 3 rings (SSSR count). The Morgan fingerprint density at radius 3 is 2.64 bits per heavy atom. The van der Waals surface area contributed by atoms with Gasteiger partial charge < -0.3 is 19.9 Å². The Bertz CT molecular complexity index is 760. The molecule has 25 heavy (non-hydrogen) atoms. The van der Waals surface area contributed by atoms with Crippen LogP contribution in [0.1, 0.15) is 10.4 Å². The van der Waals surface area contributed by atoms with E-state index in [2.05, 4.69) is 22.2 Å². The standard InChI is InChI=1S/C18H21ClN4O2/c1-22-7-9-23(10-8-22)18(24)13-5-6-20-17(11-13)21-14-3-4-16(25-2)15(19)12-14/h3-6,11-12H,7-10H2,1-2H3,(H,20,21). The van der Waals surface area contributed by atoms with Gasteiger partial charge >= 0.3 is 0 Å². The number of nitrogens with zero attached hydrogens (tertiary/aromatic N) is 3. The Kier molecular flexibility index (Phi) is 5.40. The number of hydrogen-bond donors (Lipinski definition) is 1. The number of hydrogen-bond acceptors (Lipinski definition) is 5. The summed E-state index contributed by atoms with van der Waals surface area (Å²) in [4.78, 5) is 21.0. The van der Waals surface area contributed by atoms with E-state index in [0.29, 0.717) is 22.2 Å². The summed E-state index contributed by atoms with van der Waals surface area (Å²) < 4.78 is 5.15. The molecule has 2 heterocycles. The van der Waals surface area contributed by atoms with Gasteiger partial charge in [0.2, 0.25) is 0 Å². The van der Waals surface area contributed by atoms with Crippen molar-refractivity contribution in [2.45, 2.75) is 0 Å². The van der Waals surface area contributed by atoms with Crippen LogP contribution in [-0.2, 0) is 0 Å². The Balaban J connectivity index is 1.73. The van der Waals surface area contributed by atoms with E-state index in [-0.39, 0.29) is 5.91 Å². The number of rotatable bonds is 4. The van der Waals surface area contributed by atoms with Crippen LogP contribution < -0.4 is 10.1 Å². The molecule has 2 aromatic rings. The Morgan fingerprint density at radius 2 is 1.96 bits per heavy atom. The van der Waals surface area contributed by atoms with Gasteiger partial charge in [0.05, 0.1) is 12.1 Å². The van der Waals surface area contributed by atoms with Crippen LogP contribution in [-0.4, -0.2) is 61.0 Å². The lowest BCUT2D eigenvalue weighted by Crippen LogP contribution is -2.47. The summed E-state index contributed by atoms with van der Waals surface area (Å²) in [6.07, 6.45) is 1.64. The topological polar surface area (TPSA) is 57.7 Å². The molecule has 0 spiro atoms. The maximum atomic E-state index is 12.7. The van der Waals surface area contributed by atoms with Crippen molar-refractivity contribution in [3.63, 3.8) is 0 Å². The molecule has 1 aromatic heterocycles. The van der Waals surface area contributed by atoms with E-state index in [0.717, 1.165) is 31.9 Å². The van der Waals surface area contributed by atoms with Crippen molar-refractivity contribution in [2.24, 2.45) is 0 Å². The van der Waals surface area contributed by atoms with Gasteiger partial charge in [-0.25, -0.2) is 4.98 Å². The predicted octanol–water partition coefficient (Wildman–Crippen LogP) is 2.87. The molecule has 0 aliphatic carbocycles. The fourth-order valence-corrected chi connectivity index (χ4v) is 2.97. The Hall–Kier alpha value is -2.31. The normalized spacial score (nSPS) is 15.1. The van der Waals surface area contributed by atoms with Crippen LogP contribution in [0, 0.1) is 0 Å². The van der Waals surface area contributed by atoms with Crippen LogP contribution in [0.4, 0.5) is 11.5 Å². The number of likely N-dealkylation sites (N-methyl/N-ethyl adjacent to an activating group) is 1. The minimum atomic E-state index is 0.0336.